The molecule has 6 heteroatoms. The second kappa shape index (κ2) is 10.4. The fourth-order valence-electron chi connectivity index (χ4n) is 4.37. The summed E-state index contributed by atoms with van der Waals surface area (Å²) in [5.41, 5.74) is 2.33. The molecule has 1 unspecified atom stereocenters. The van der Waals surface area contributed by atoms with Gasteiger partial charge >= 0.3 is 0 Å². The van der Waals surface area contributed by atoms with Crippen molar-refractivity contribution < 1.29 is 13.9 Å². The molecule has 1 N–H and O–H groups in total. The Morgan fingerprint density at radius 3 is 2.62 bits per heavy atom. The highest BCUT2D eigenvalue weighted by Crippen LogP contribution is 2.31. The second-order valence-electron chi connectivity index (χ2n) is 8.14. The summed E-state index contributed by atoms with van der Waals surface area (Å²) in [5, 5.41) is 3.12. The highest BCUT2D eigenvalue weighted by Gasteiger charge is 2.30. The van der Waals surface area contributed by atoms with Crippen LogP contribution >= 0.6 is 0 Å². The standard InChI is InChI=1S/C26H28FN3O2/c1-32-24-11-3-2-7-21(24)18-30-15-12-19(13-16-30)25(23-10-4-5-14-28-23)29-26(31)20-8-6-9-22(27)17-20/h2-11,14,17,19,25H,12-13,15-16,18H2,1H3,(H,29,31). The number of likely N-dealkylation sites (tertiary alicyclic amines) is 1. The number of halogens is 1. The number of methoxy groups -OCH3 is 1. The molecule has 4 rings (SSSR count). The Hall–Kier alpha value is -3.25. The Morgan fingerprint density at radius 1 is 1.12 bits per heavy atom. The number of hydrogen-bond donors (Lipinski definition) is 1. The number of nitrogens with one attached hydrogen (secondary N) is 1. The van der Waals surface area contributed by atoms with Crippen LogP contribution in [0.5, 0.6) is 5.75 Å². The minimum atomic E-state index is -0.420. The maximum atomic E-state index is 13.6. The number of hydrogen-bond acceptors (Lipinski definition) is 4. The summed E-state index contributed by atoms with van der Waals surface area (Å²) in [4.78, 5) is 19.8. The first-order valence-electron chi connectivity index (χ1n) is 11.0. The van der Waals surface area contributed by atoms with E-state index in [-0.39, 0.29) is 17.9 Å². The van der Waals surface area contributed by atoms with Crippen molar-refractivity contribution in [2.45, 2.75) is 25.4 Å². The number of piperidine rings is 1. The molecule has 5 nitrogen and oxygen atoms in total. The van der Waals surface area contributed by atoms with E-state index >= 15 is 0 Å². The van der Waals surface area contributed by atoms with Crippen LogP contribution in [0, 0.1) is 11.7 Å². The molecule has 3 aromatic rings. The fourth-order valence-corrected chi connectivity index (χ4v) is 4.37. The van der Waals surface area contributed by atoms with Gasteiger partial charge < -0.3 is 10.1 Å². The molecule has 0 saturated carbocycles. The first-order valence-corrected chi connectivity index (χ1v) is 11.0. The van der Waals surface area contributed by atoms with Crippen molar-refractivity contribution in [2.75, 3.05) is 20.2 Å². The van der Waals surface area contributed by atoms with Crippen LogP contribution in [-0.4, -0.2) is 36.0 Å². The Morgan fingerprint density at radius 2 is 1.91 bits per heavy atom. The maximum absolute atomic E-state index is 13.6. The topological polar surface area (TPSA) is 54.5 Å². The van der Waals surface area contributed by atoms with Gasteiger partial charge in [0.2, 0.25) is 0 Å². The van der Waals surface area contributed by atoms with Crippen molar-refractivity contribution in [1.29, 1.82) is 0 Å². The molecule has 166 valence electrons. The van der Waals surface area contributed by atoms with Gasteiger partial charge in [-0.3, -0.25) is 14.7 Å². The van der Waals surface area contributed by atoms with Crippen LogP contribution in [0.3, 0.4) is 0 Å². The highest BCUT2D eigenvalue weighted by molar-refractivity contribution is 5.94. The van der Waals surface area contributed by atoms with Gasteiger partial charge in [0.05, 0.1) is 18.8 Å². The average molecular weight is 434 g/mol. The number of carbonyl (C=O) groups excluding carboxylic acids is 1. The van der Waals surface area contributed by atoms with Crippen molar-refractivity contribution >= 4 is 5.91 Å². The molecule has 1 fully saturated rings. The molecule has 32 heavy (non-hydrogen) atoms. The van der Waals surface area contributed by atoms with Crippen LogP contribution in [0.1, 0.15) is 40.5 Å². The molecular weight excluding hydrogens is 405 g/mol. The van der Waals surface area contributed by atoms with Crippen molar-refractivity contribution in [1.82, 2.24) is 15.2 Å². The van der Waals surface area contributed by atoms with Gasteiger partial charge in [-0.15, -0.1) is 0 Å². The number of pyridine rings is 1. The molecule has 1 aliphatic heterocycles. The molecule has 2 heterocycles. The lowest BCUT2D eigenvalue weighted by Crippen LogP contribution is -2.40. The number of carbonyl (C=O) groups is 1. The summed E-state index contributed by atoms with van der Waals surface area (Å²) in [6, 6.07) is 19.4. The van der Waals surface area contributed by atoms with Gasteiger partial charge in [0.15, 0.2) is 0 Å². The Balaban J connectivity index is 1.45. The van der Waals surface area contributed by atoms with E-state index in [2.05, 4.69) is 21.3 Å². The summed E-state index contributed by atoms with van der Waals surface area (Å²) in [5.74, 6) is 0.452. The van der Waals surface area contributed by atoms with Crippen LogP contribution in [0.4, 0.5) is 4.39 Å². The van der Waals surface area contributed by atoms with E-state index < -0.39 is 5.82 Å². The number of nitrogens with zero attached hydrogens (tertiary/aromatic N) is 2. The predicted molar refractivity (Wildman–Crippen MR) is 122 cm³/mol. The molecule has 1 amide bonds. The number of aromatic nitrogens is 1. The van der Waals surface area contributed by atoms with Crippen molar-refractivity contribution in [3.8, 4) is 5.75 Å². The third-order valence-electron chi connectivity index (χ3n) is 6.07. The quantitative estimate of drug-likeness (QED) is 0.591. The minimum Gasteiger partial charge on any atom is -0.496 e. The van der Waals surface area contributed by atoms with Crippen molar-refractivity contribution in [3.63, 3.8) is 0 Å². The zero-order valence-corrected chi connectivity index (χ0v) is 18.2. The molecule has 0 bridgehead atoms. The number of benzene rings is 2. The zero-order chi connectivity index (χ0) is 22.3. The van der Waals surface area contributed by atoms with Gasteiger partial charge in [-0.05, 0) is 68.2 Å². The van der Waals surface area contributed by atoms with Crippen molar-refractivity contribution in [2.24, 2.45) is 5.92 Å². The van der Waals surface area contributed by atoms with Gasteiger partial charge in [-0.25, -0.2) is 4.39 Å². The van der Waals surface area contributed by atoms with E-state index in [0.29, 0.717) is 5.56 Å². The lowest BCUT2D eigenvalue weighted by Gasteiger charge is -2.36. The van der Waals surface area contributed by atoms with Gasteiger partial charge in [0.25, 0.3) is 5.91 Å². The highest BCUT2D eigenvalue weighted by atomic mass is 19.1. The van der Waals surface area contributed by atoms with Crippen LogP contribution in [0.15, 0.2) is 72.9 Å². The minimum absolute atomic E-state index is 0.222. The molecule has 0 spiro atoms. The molecule has 1 saturated heterocycles. The molecule has 2 aromatic carbocycles. The third kappa shape index (κ3) is 5.32. The smallest absolute Gasteiger partial charge is 0.251 e. The summed E-state index contributed by atoms with van der Waals surface area (Å²) in [7, 11) is 1.70. The summed E-state index contributed by atoms with van der Waals surface area (Å²) in [6.45, 7) is 2.67. The average Bonchev–Trinajstić information content (AvgIpc) is 2.84. The third-order valence-corrected chi connectivity index (χ3v) is 6.07. The van der Waals surface area contributed by atoms with Crippen LogP contribution < -0.4 is 10.1 Å². The number of ether oxygens (including phenoxy) is 1. The molecule has 1 aromatic heterocycles. The van der Waals surface area contributed by atoms with E-state index in [9.17, 15) is 9.18 Å². The molecular formula is C26H28FN3O2. The lowest BCUT2D eigenvalue weighted by atomic mass is 9.87. The first kappa shape index (κ1) is 22.0. The van der Waals surface area contributed by atoms with Crippen LogP contribution in [-0.2, 0) is 6.54 Å². The number of rotatable bonds is 7. The lowest BCUT2D eigenvalue weighted by molar-refractivity contribution is 0.0887. The second-order valence-corrected chi connectivity index (χ2v) is 8.14. The van der Waals surface area contributed by atoms with Crippen LogP contribution in [0.2, 0.25) is 0 Å². The Bertz CT molecular complexity index is 1040. The maximum Gasteiger partial charge on any atom is 0.251 e. The largest absolute Gasteiger partial charge is 0.496 e. The van der Waals surface area contributed by atoms with Gasteiger partial charge in [-0.2, -0.15) is 0 Å². The monoisotopic (exact) mass is 433 g/mol. The number of amides is 1. The molecule has 1 aliphatic rings. The van der Waals surface area contributed by atoms with Crippen LogP contribution in [0.25, 0.3) is 0 Å². The van der Waals surface area contributed by atoms with Gasteiger partial charge in [-0.1, -0.05) is 30.3 Å². The normalized spacial score (nSPS) is 15.8. The molecule has 0 radical (unpaired) electrons. The summed E-state index contributed by atoms with van der Waals surface area (Å²) in [6.07, 6.45) is 3.60. The van der Waals surface area contributed by atoms with Gasteiger partial charge in [0.1, 0.15) is 11.6 Å². The zero-order valence-electron chi connectivity index (χ0n) is 18.2. The van der Waals surface area contributed by atoms with E-state index in [1.807, 2.05) is 36.4 Å². The SMILES string of the molecule is COc1ccccc1CN1CCC(C(NC(=O)c2cccc(F)c2)c2ccccn2)CC1. The van der Waals surface area contributed by atoms with Crippen molar-refractivity contribution in [3.05, 3.63) is 95.6 Å². The Labute approximate surface area is 188 Å². The predicted octanol–water partition coefficient (Wildman–Crippen LogP) is 4.61. The molecule has 0 aliphatic carbocycles. The van der Waals surface area contributed by atoms with E-state index in [4.69, 9.17) is 4.74 Å². The van der Waals surface area contributed by atoms with E-state index in [1.54, 1.807) is 25.4 Å². The van der Waals surface area contributed by atoms with E-state index in [0.717, 1.165) is 43.9 Å². The number of para-hydroxylation sites is 1. The summed E-state index contributed by atoms with van der Waals surface area (Å²) >= 11 is 0. The summed E-state index contributed by atoms with van der Waals surface area (Å²) < 4.78 is 19.1. The van der Waals surface area contributed by atoms with Gasteiger partial charge in [0, 0.05) is 23.9 Å². The van der Waals surface area contributed by atoms with E-state index in [1.165, 1.54) is 17.7 Å². The fraction of sp³-hybridized carbons (Fsp3) is 0.308. The Kier molecular flexibility index (Phi) is 7.12. The molecule has 1 atom stereocenters. The first-order chi connectivity index (χ1) is 15.6.